The molecule has 2 rings (SSSR count). The number of carbonyl (C=O) groups is 1. The Labute approximate surface area is 118 Å². The molecule has 4 heteroatoms. The first-order chi connectivity index (χ1) is 9.75. The predicted molar refractivity (Wildman–Crippen MR) is 76.1 cm³/mol. The number of aliphatic hydroxyl groups excluding tert-OH is 1. The number of hydrogen-bond acceptors (Lipinski definition) is 3. The van der Waals surface area contributed by atoms with Gasteiger partial charge in [0.2, 0.25) is 5.91 Å². The van der Waals surface area contributed by atoms with Crippen LogP contribution in [-0.4, -0.2) is 17.6 Å². The van der Waals surface area contributed by atoms with Gasteiger partial charge in [0, 0.05) is 19.4 Å². The van der Waals surface area contributed by atoms with Crippen LogP contribution in [0.5, 0.6) is 0 Å². The number of nitrogens with one attached hydrogen (secondary N) is 1. The van der Waals surface area contributed by atoms with E-state index in [2.05, 4.69) is 5.32 Å². The highest BCUT2D eigenvalue weighted by atomic mass is 16.3. The number of benzene rings is 1. The number of amides is 1. The molecule has 0 radical (unpaired) electrons. The van der Waals surface area contributed by atoms with E-state index in [-0.39, 0.29) is 5.91 Å². The van der Waals surface area contributed by atoms with E-state index in [0.717, 1.165) is 11.3 Å². The maximum Gasteiger partial charge on any atom is 0.220 e. The molecule has 1 unspecified atom stereocenters. The van der Waals surface area contributed by atoms with Gasteiger partial charge in [0.15, 0.2) is 0 Å². The molecular weight excluding hydrogens is 254 g/mol. The molecule has 1 aromatic heterocycles. The summed E-state index contributed by atoms with van der Waals surface area (Å²) in [7, 11) is 0. The van der Waals surface area contributed by atoms with E-state index in [1.165, 1.54) is 0 Å². The van der Waals surface area contributed by atoms with Gasteiger partial charge in [0.25, 0.3) is 0 Å². The van der Waals surface area contributed by atoms with E-state index in [0.29, 0.717) is 25.8 Å². The predicted octanol–water partition coefficient (Wildman–Crippen LogP) is 2.45. The molecule has 1 amide bonds. The molecule has 1 aromatic carbocycles. The van der Waals surface area contributed by atoms with Crippen molar-refractivity contribution < 1.29 is 14.3 Å². The van der Waals surface area contributed by atoms with Gasteiger partial charge in [0.05, 0.1) is 12.4 Å². The summed E-state index contributed by atoms with van der Waals surface area (Å²) in [5.41, 5.74) is 0.873. The van der Waals surface area contributed by atoms with Crippen molar-refractivity contribution in [1.82, 2.24) is 5.32 Å². The molecule has 0 aliphatic rings. The van der Waals surface area contributed by atoms with Gasteiger partial charge in [-0.05, 0) is 24.1 Å². The van der Waals surface area contributed by atoms with Gasteiger partial charge in [-0.1, -0.05) is 30.3 Å². The highest BCUT2D eigenvalue weighted by Gasteiger charge is 2.08. The molecule has 0 bridgehead atoms. The number of rotatable bonds is 7. The molecule has 0 spiro atoms. The SMILES string of the molecule is O=C(CCc1ccco1)NCCC(O)c1ccccc1. The van der Waals surface area contributed by atoms with Crippen LogP contribution in [0.1, 0.15) is 30.3 Å². The maximum atomic E-state index is 11.6. The maximum absolute atomic E-state index is 11.6. The van der Waals surface area contributed by atoms with Crippen molar-refractivity contribution in [3.05, 3.63) is 60.1 Å². The van der Waals surface area contributed by atoms with E-state index in [1.807, 2.05) is 42.5 Å². The lowest BCUT2D eigenvalue weighted by Gasteiger charge is -2.11. The van der Waals surface area contributed by atoms with Crippen LogP contribution >= 0.6 is 0 Å². The average molecular weight is 273 g/mol. The number of carbonyl (C=O) groups excluding carboxylic acids is 1. The monoisotopic (exact) mass is 273 g/mol. The minimum Gasteiger partial charge on any atom is -0.469 e. The lowest BCUT2D eigenvalue weighted by atomic mass is 10.1. The lowest BCUT2D eigenvalue weighted by molar-refractivity contribution is -0.121. The first-order valence-corrected chi connectivity index (χ1v) is 6.78. The highest BCUT2D eigenvalue weighted by Crippen LogP contribution is 2.14. The second kappa shape index (κ2) is 7.50. The molecule has 106 valence electrons. The van der Waals surface area contributed by atoms with Gasteiger partial charge in [-0.25, -0.2) is 0 Å². The Hall–Kier alpha value is -2.07. The lowest BCUT2D eigenvalue weighted by Crippen LogP contribution is -2.25. The number of hydrogen-bond donors (Lipinski definition) is 2. The van der Waals surface area contributed by atoms with Crippen LogP contribution in [0.3, 0.4) is 0 Å². The zero-order chi connectivity index (χ0) is 14.2. The molecule has 2 aromatic rings. The average Bonchev–Trinajstić information content (AvgIpc) is 2.99. The van der Waals surface area contributed by atoms with Crippen LogP contribution < -0.4 is 5.32 Å². The Kier molecular flexibility index (Phi) is 5.38. The fourth-order valence-electron chi connectivity index (χ4n) is 1.97. The number of aliphatic hydroxyl groups is 1. The largest absolute Gasteiger partial charge is 0.469 e. The smallest absolute Gasteiger partial charge is 0.220 e. The standard InChI is InChI=1S/C16H19NO3/c18-15(13-5-2-1-3-6-13)10-11-17-16(19)9-8-14-7-4-12-20-14/h1-7,12,15,18H,8-11H2,(H,17,19). The topological polar surface area (TPSA) is 62.5 Å². The Morgan fingerprint density at radius 2 is 2.00 bits per heavy atom. The van der Waals surface area contributed by atoms with E-state index in [4.69, 9.17) is 4.42 Å². The third kappa shape index (κ3) is 4.55. The molecule has 2 N–H and O–H groups in total. The van der Waals surface area contributed by atoms with Gasteiger partial charge in [-0.3, -0.25) is 4.79 Å². The Bertz CT molecular complexity index is 508. The summed E-state index contributed by atoms with van der Waals surface area (Å²) in [5, 5.41) is 12.8. The van der Waals surface area contributed by atoms with Crippen molar-refractivity contribution in [2.45, 2.75) is 25.4 Å². The van der Waals surface area contributed by atoms with Crippen molar-refractivity contribution in [1.29, 1.82) is 0 Å². The summed E-state index contributed by atoms with van der Waals surface area (Å²) < 4.78 is 5.16. The third-order valence-corrected chi connectivity index (χ3v) is 3.10. The van der Waals surface area contributed by atoms with Crippen LogP contribution in [0.25, 0.3) is 0 Å². The number of furan rings is 1. The molecule has 0 fully saturated rings. The summed E-state index contributed by atoms with van der Waals surface area (Å²) in [4.78, 5) is 11.6. The molecule has 1 heterocycles. The Morgan fingerprint density at radius 3 is 2.70 bits per heavy atom. The van der Waals surface area contributed by atoms with Crippen molar-refractivity contribution in [3.63, 3.8) is 0 Å². The minimum absolute atomic E-state index is 0.0262. The van der Waals surface area contributed by atoms with Crippen LogP contribution in [0.2, 0.25) is 0 Å². The second-order valence-electron chi connectivity index (χ2n) is 4.64. The highest BCUT2D eigenvalue weighted by molar-refractivity contribution is 5.76. The Morgan fingerprint density at radius 1 is 1.20 bits per heavy atom. The fraction of sp³-hybridized carbons (Fsp3) is 0.312. The third-order valence-electron chi connectivity index (χ3n) is 3.10. The van der Waals surface area contributed by atoms with Gasteiger partial charge in [-0.2, -0.15) is 0 Å². The van der Waals surface area contributed by atoms with Crippen LogP contribution in [0.15, 0.2) is 53.1 Å². The van der Waals surface area contributed by atoms with E-state index in [1.54, 1.807) is 6.26 Å². The van der Waals surface area contributed by atoms with Crippen molar-refractivity contribution >= 4 is 5.91 Å². The summed E-state index contributed by atoms with van der Waals surface area (Å²) in [6.45, 7) is 0.465. The van der Waals surface area contributed by atoms with Crippen LogP contribution in [0, 0.1) is 0 Å². The van der Waals surface area contributed by atoms with Crippen LogP contribution in [-0.2, 0) is 11.2 Å². The summed E-state index contributed by atoms with van der Waals surface area (Å²) in [6, 6.07) is 13.1. The molecule has 0 aliphatic heterocycles. The van der Waals surface area contributed by atoms with E-state index < -0.39 is 6.10 Å². The van der Waals surface area contributed by atoms with Crippen molar-refractivity contribution in [2.24, 2.45) is 0 Å². The molecule has 0 saturated carbocycles. The zero-order valence-electron chi connectivity index (χ0n) is 11.3. The molecule has 4 nitrogen and oxygen atoms in total. The molecule has 1 atom stereocenters. The first kappa shape index (κ1) is 14.3. The summed E-state index contributed by atoms with van der Waals surface area (Å²) in [5.74, 6) is 0.783. The number of aryl methyl sites for hydroxylation is 1. The normalized spacial score (nSPS) is 12.1. The molecular formula is C16H19NO3. The van der Waals surface area contributed by atoms with Crippen molar-refractivity contribution in [2.75, 3.05) is 6.54 Å². The molecule has 20 heavy (non-hydrogen) atoms. The van der Waals surface area contributed by atoms with E-state index in [9.17, 15) is 9.90 Å². The molecule has 0 aliphatic carbocycles. The molecule has 0 saturated heterocycles. The van der Waals surface area contributed by atoms with Crippen molar-refractivity contribution in [3.8, 4) is 0 Å². The second-order valence-corrected chi connectivity index (χ2v) is 4.64. The zero-order valence-corrected chi connectivity index (χ0v) is 11.3. The van der Waals surface area contributed by atoms with Crippen LogP contribution in [0.4, 0.5) is 0 Å². The summed E-state index contributed by atoms with van der Waals surface area (Å²) in [6.07, 6.45) is 2.57. The fourth-order valence-corrected chi connectivity index (χ4v) is 1.97. The first-order valence-electron chi connectivity index (χ1n) is 6.78. The Balaban J connectivity index is 1.64. The van der Waals surface area contributed by atoms with Gasteiger partial charge in [-0.15, -0.1) is 0 Å². The van der Waals surface area contributed by atoms with Gasteiger partial charge < -0.3 is 14.8 Å². The van der Waals surface area contributed by atoms with Gasteiger partial charge >= 0.3 is 0 Å². The van der Waals surface area contributed by atoms with E-state index >= 15 is 0 Å². The quantitative estimate of drug-likeness (QED) is 0.814. The van der Waals surface area contributed by atoms with Gasteiger partial charge in [0.1, 0.15) is 5.76 Å². The summed E-state index contributed by atoms with van der Waals surface area (Å²) >= 11 is 0. The minimum atomic E-state index is -0.540.